The first kappa shape index (κ1) is 11.7. The van der Waals surface area contributed by atoms with E-state index in [1.165, 1.54) is 6.20 Å². The normalized spacial score (nSPS) is 10.8. The molecule has 2 N–H and O–H groups in total. The van der Waals surface area contributed by atoms with Gasteiger partial charge in [-0.1, -0.05) is 11.6 Å². The van der Waals surface area contributed by atoms with E-state index in [2.05, 4.69) is 4.98 Å². The van der Waals surface area contributed by atoms with Crippen LogP contribution in [0.25, 0.3) is 11.0 Å². The number of anilines is 1. The third kappa shape index (κ3) is 2.18. The molecule has 4 nitrogen and oxygen atoms in total. The van der Waals surface area contributed by atoms with Crippen molar-refractivity contribution in [3.05, 3.63) is 59.1 Å². The lowest BCUT2D eigenvalue weighted by molar-refractivity contribution is 0.101. The Morgan fingerprint density at radius 2 is 2.05 bits per heavy atom. The highest BCUT2D eigenvalue weighted by atomic mass is 35.5. The zero-order chi connectivity index (χ0) is 13.4. The van der Waals surface area contributed by atoms with Gasteiger partial charge in [0.2, 0.25) is 5.78 Å². The Balaban J connectivity index is 2.04. The van der Waals surface area contributed by atoms with E-state index in [-0.39, 0.29) is 11.5 Å². The molecule has 1 aromatic carbocycles. The van der Waals surface area contributed by atoms with Gasteiger partial charge < -0.3 is 10.2 Å². The molecule has 0 aliphatic carbocycles. The Hall–Kier alpha value is -2.33. The maximum atomic E-state index is 12.2. The number of rotatable bonds is 2. The van der Waals surface area contributed by atoms with Crippen molar-refractivity contribution in [2.75, 3.05) is 5.73 Å². The van der Waals surface area contributed by atoms with Crippen molar-refractivity contribution in [1.82, 2.24) is 4.98 Å². The van der Waals surface area contributed by atoms with Gasteiger partial charge in [-0.2, -0.15) is 0 Å². The van der Waals surface area contributed by atoms with Crippen molar-refractivity contribution in [2.45, 2.75) is 0 Å². The first-order valence-electron chi connectivity index (χ1n) is 5.59. The molecule has 3 aromatic rings. The van der Waals surface area contributed by atoms with Gasteiger partial charge >= 0.3 is 0 Å². The molecule has 3 rings (SSSR count). The number of aromatic nitrogens is 1. The molecule has 2 heterocycles. The Kier molecular flexibility index (Phi) is 2.72. The SMILES string of the molecule is Nc1ccc(C(=O)c2cc3cc(Cl)ccc3o2)nc1. The van der Waals surface area contributed by atoms with Crippen LogP contribution < -0.4 is 5.73 Å². The molecule has 0 unspecified atom stereocenters. The van der Waals surface area contributed by atoms with Gasteiger partial charge in [-0.3, -0.25) is 9.78 Å². The summed E-state index contributed by atoms with van der Waals surface area (Å²) in [5, 5.41) is 1.38. The van der Waals surface area contributed by atoms with Gasteiger partial charge in [0, 0.05) is 10.4 Å². The molecule has 19 heavy (non-hydrogen) atoms. The average Bonchev–Trinajstić information content (AvgIpc) is 2.81. The van der Waals surface area contributed by atoms with E-state index in [1.807, 2.05) is 0 Å². The Labute approximate surface area is 113 Å². The number of pyridine rings is 1. The van der Waals surface area contributed by atoms with Crippen LogP contribution >= 0.6 is 11.6 Å². The monoisotopic (exact) mass is 272 g/mol. The molecule has 0 fully saturated rings. The van der Waals surface area contributed by atoms with Crippen LogP contribution in [0, 0.1) is 0 Å². The minimum Gasteiger partial charge on any atom is -0.453 e. The summed E-state index contributed by atoms with van der Waals surface area (Å²) in [4.78, 5) is 16.2. The number of nitrogens with zero attached hydrogens (tertiary/aromatic N) is 1. The van der Waals surface area contributed by atoms with E-state index >= 15 is 0 Å². The third-order valence-electron chi connectivity index (χ3n) is 2.72. The largest absolute Gasteiger partial charge is 0.453 e. The molecule has 0 aliphatic rings. The Bertz CT molecular complexity index is 763. The lowest BCUT2D eigenvalue weighted by Gasteiger charge is -1.96. The van der Waals surface area contributed by atoms with Crippen LogP contribution in [0.4, 0.5) is 5.69 Å². The molecule has 0 bridgehead atoms. The van der Waals surface area contributed by atoms with Gasteiger partial charge in [0.25, 0.3) is 0 Å². The fourth-order valence-corrected chi connectivity index (χ4v) is 1.97. The molecule has 5 heteroatoms. The van der Waals surface area contributed by atoms with Crippen LogP contribution in [-0.2, 0) is 0 Å². The quantitative estimate of drug-likeness (QED) is 0.727. The number of fused-ring (bicyclic) bond motifs is 1. The number of ketones is 1. The van der Waals surface area contributed by atoms with Crippen LogP contribution in [0.1, 0.15) is 16.2 Å². The molecule has 0 atom stereocenters. The topological polar surface area (TPSA) is 69.1 Å². The maximum Gasteiger partial charge on any atom is 0.246 e. The van der Waals surface area contributed by atoms with Crippen molar-refractivity contribution in [1.29, 1.82) is 0 Å². The van der Waals surface area contributed by atoms with Crippen LogP contribution in [0.3, 0.4) is 0 Å². The smallest absolute Gasteiger partial charge is 0.246 e. The first-order chi connectivity index (χ1) is 9.13. The van der Waals surface area contributed by atoms with Crippen LogP contribution in [0.15, 0.2) is 47.0 Å². The van der Waals surface area contributed by atoms with Gasteiger partial charge in [0.15, 0.2) is 5.76 Å². The number of hydrogen-bond donors (Lipinski definition) is 1. The van der Waals surface area contributed by atoms with Gasteiger partial charge in [-0.25, -0.2) is 0 Å². The highest BCUT2D eigenvalue weighted by Crippen LogP contribution is 2.24. The van der Waals surface area contributed by atoms with Gasteiger partial charge in [-0.05, 0) is 36.4 Å². The molecule has 0 radical (unpaired) electrons. The molecule has 0 spiro atoms. The predicted molar refractivity (Wildman–Crippen MR) is 73.3 cm³/mol. The second-order valence-corrected chi connectivity index (χ2v) is 4.54. The third-order valence-corrected chi connectivity index (χ3v) is 2.96. The van der Waals surface area contributed by atoms with Crippen molar-refractivity contribution in [3.8, 4) is 0 Å². The maximum absolute atomic E-state index is 12.2. The van der Waals surface area contributed by atoms with Crippen LogP contribution in [0.5, 0.6) is 0 Å². The number of hydrogen-bond acceptors (Lipinski definition) is 4. The van der Waals surface area contributed by atoms with Crippen LogP contribution in [0.2, 0.25) is 5.02 Å². The number of halogens is 1. The lowest BCUT2D eigenvalue weighted by atomic mass is 10.2. The lowest BCUT2D eigenvalue weighted by Crippen LogP contribution is -2.02. The highest BCUT2D eigenvalue weighted by molar-refractivity contribution is 6.31. The minimum absolute atomic E-state index is 0.231. The van der Waals surface area contributed by atoms with E-state index < -0.39 is 0 Å². The van der Waals surface area contributed by atoms with E-state index in [4.69, 9.17) is 21.8 Å². The van der Waals surface area contributed by atoms with Gasteiger partial charge in [0.1, 0.15) is 11.3 Å². The van der Waals surface area contributed by atoms with Gasteiger partial charge in [-0.15, -0.1) is 0 Å². The second-order valence-electron chi connectivity index (χ2n) is 4.10. The fraction of sp³-hybridized carbons (Fsp3) is 0. The summed E-state index contributed by atoms with van der Waals surface area (Å²) in [6.07, 6.45) is 1.44. The molecule has 94 valence electrons. The summed E-state index contributed by atoms with van der Waals surface area (Å²) in [6, 6.07) is 10.0. The van der Waals surface area contributed by atoms with Gasteiger partial charge in [0.05, 0.1) is 11.9 Å². The second kappa shape index (κ2) is 4.40. The number of furan rings is 1. The van der Waals surface area contributed by atoms with E-state index in [0.717, 1.165) is 5.39 Å². The number of nitrogens with two attached hydrogens (primary N) is 1. The summed E-state index contributed by atoms with van der Waals surface area (Å²) in [5.41, 5.74) is 6.94. The molecule has 0 aliphatic heterocycles. The van der Waals surface area contributed by atoms with E-state index in [0.29, 0.717) is 22.0 Å². The molecule has 0 amide bonds. The zero-order valence-electron chi connectivity index (χ0n) is 9.76. The summed E-state index contributed by atoms with van der Waals surface area (Å²) in [6.45, 7) is 0. The Morgan fingerprint density at radius 3 is 2.79 bits per heavy atom. The number of nitrogen functional groups attached to an aromatic ring is 1. The van der Waals surface area contributed by atoms with Crippen LogP contribution in [-0.4, -0.2) is 10.8 Å². The van der Waals surface area contributed by atoms with Crippen molar-refractivity contribution in [3.63, 3.8) is 0 Å². The molecule has 0 saturated heterocycles. The fourth-order valence-electron chi connectivity index (χ4n) is 1.79. The number of benzene rings is 1. The minimum atomic E-state index is -0.285. The molecular formula is C14H9ClN2O2. The van der Waals surface area contributed by atoms with E-state index in [9.17, 15) is 4.79 Å². The van der Waals surface area contributed by atoms with Crippen molar-refractivity contribution >= 4 is 34.0 Å². The number of carbonyl (C=O) groups is 1. The van der Waals surface area contributed by atoms with E-state index in [1.54, 1.807) is 36.4 Å². The summed E-state index contributed by atoms with van der Waals surface area (Å²) < 4.78 is 5.49. The molecule has 0 saturated carbocycles. The zero-order valence-corrected chi connectivity index (χ0v) is 10.5. The average molecular weight is 273 g/mol. The first-order valence-corrected chi connectivity index (χ1v) is 5.96. The summed E-state index contributed by atoms with van der Waals surface area (Å²) >= 11 is 5.89. The highest BCUT2D eigenvalue weighted by Gasteiger charge is 2.15. The Morgan fingerprint density at radius 1 is 1.21 bits per heavy atom. The van der Waals surface area contributed by atoms with Crippen molar-refractivity contribution < 1.29 is 9.21 Å². The number of carbonyl (C=O) groups excluding carboxylic acids is 1. The summed E-state index contributed by atoms with van der Waals surface area (Å²) in [5.74, 6) is -0.0538. The summed E-state index contributed by atoms with van der Waals surface area (Å²) in [7, 11) is 0. The standard InChI is InChI=1S/C14H9ClN2O2/c15-9-1-4-12-8(5-9)6-13(19-12)14(18)11-3-2-10(16)7-17-11/h1-7H,16H2. The molecular weight excluding hydrogens is 264 g/mol. The predicted octanol–water partition coefficient (Wildman–Crippen LogP) is 3.29. The van der Waals surface area contributed by atoms with Crippen molar-refractivity contribution in [2.24, 2.45) is 0 Å². The molecule has 2 aromatic heterocycles.